The van der Waals surface area contributed by atoms with Crippen LogP contribution in [0.5, 0.6) is 0 Å². The molecule has 3 heterocycles. The Bertz CT molecular complexity index is 870. The molecule has 4 rings (SSSR count). The number of anilines is 2. The molecule has 0 bridgehead atoms. The first-order chi connectivity index (χ1) is 12.3. The van der Waals surface area contributed by atoms with Gasteiger partial charge in [0.25, 0.3) is 0 Å². The summed E-state index contributed by atoms with van der Waals surface area (Å²) in [5.41, 5.74) is 2.08. The largest absolute Gasteiger partial charge is 0.371 e. The standard InChI is InChI=1S/C20H21N3OS/c24-20(13-15-5-4-12-25-15)22-18-6-7-19(23-10-2-1-3-11-23)16-8-9-21-14-17(16)18/h4-9,12,14H,1-3,10-11,13H2,(H,22,24). The molecule has 1 amide bonds. The van der Waals surface area contributed by atoms with Crippen molar-refractivity contribution in [1.29, 1.82) is 0 Å². The highest BCUT2D eigenvalue weighted by molar-refractivity contribution is 7.10. The zero-order valence-electron chi connectivity index (χ0n) is 14.1. The van der Waals surface area contributed by atoms with Crippen molar-refractivity contribution in [2.75, 3.05) is 23.3 Å². The second-order valence-corrected chi connectivity index (χ2v) is 7.44. The van der Waals surface area contributed by atoms with Crippen molar-refractivity contribution in [2.24, 2.45) is 0 Å². The number of thiophene rings is 1. The molecule has 1 aliphatic heterocycles. The van der Waals surface area contributed by atoms with Crippen molar-refractivity contribution in [2.45, 2.75) is 25.7 Å². The lowest BCUT2D eigenvalue weighted by molar-refractivity contribution is -0.115. The van der Waals surface area contributed by atoms with Crippen LogP contribution in [0.1, 0.15) is 24.1 Å². The fraction of sp³-hybridized carbons (Fsp3) is 0.300. The zero-order chi connectivity index (χ0) is 17.1. The van der Waals surface area contributed by atoms with Crippen LogP contribution in [0.3, 0.4) is 0 Å². The number of aromatic nitrogens is 1. The average Bonchev–Trinajstić information content (AvgIpc) is 3.15. The summed E-state index contributed by atoms with van der Waals surface area (Å²) in [4.78, 5) is 20.2. The van der Waals surface area contributed by atoms with E-state index in [0.29, 0.717) is 6.42 Å². The first-order valence-electron chi connectivity index (χ1n) is 8.75. The highest BCUT2D eigenvalue weighted by Crippen LogP contribution is 2.33. The molecule has 0 radical (unpaired) electrons. The fourth-order valence-corrected chi connectivity index (χ4v) is 4.16. The maximum Gasteiger partial charge on any atom is 0.229 e. The number of fused-ring (bicyclic) bond motifs is 1. The van der Waals surface area contributed by atoms with Gasteiger partial charge in [-0.05, 0) is 48.9 Å². The van der Waals surface area contributed by atoms with E-state index in [0.717, 1.165) is 34.4 Å². The van der Waals surface area contributed by atoms with Gasteiger partial charge in [-0.3, -0.25) is 9.78 Å². The van der Waals surface area contributed by atoms with Crippen LogP contribution in [0, 0.1) is 0 Å². The molecule has 0 unspecified atom stereocenters. The van der Waals surface area contributed by atoms with E-state index in [2.05, 4.69) is 21.3 Å². The van der Waals surface area contributed by atoms with Crippen LogP contribution in [0.2, 0.25) is 0 Å². The molecule has 128 valence electrons. The zero-order valence-corrected chi connectivity index (χ0v) is 14.9. The number of rotatable bonds is 4. The van der Waals surface area contributed by atoms with Gasteiger partial charge in [0.2, 0.25) is 5.91 Å². The summed E-state index contributed by atoms with van der Waals surface area (Å²) in [5, 5.41) is 7.22. The van der Waals surface area contributed by atoms with E-state index in [4.69, 9.17) is 0 Å². The summed E-state index contributed by atoms with van der Waals surface area (Å²) in [7, 11) is 0. The van der Waals surface area contributed by atoms with Crippen LogP contribution in [0.4, 0.5) is 11.4 Å². The first-order valence-corrected chi connectivity index (χ1v) is 9.63. The minimum absolute atomic E-state index is 0.0123. The molecule has 25 heavy (non-hydrogen) atoms. The van der Waals surface area contributed by atoms with Crippen molar-refractivity contribution < 1.29 is 4.79 Å². The third-order valence-electron chi connectivity index (χ3n) is 4.68. The second kappa shape index (κ2) is 7.23. The minimum atomic E-state index is 0.0123. The van der Waals surface area contributed by atoms with Crippen molar-refractivity contribution in [3.63, 3.8) is 0 Å². The van der Waals surface area contributed by atoms with E-state index in [-0.39, 0.29) is 5.91 Å². The van der Waals surface area contributed by atoms with Gasteiger partial charge in [0, 0.05) is 46.8 Å². The predicted octanol–water partition coefficient (Wildman–Crippen LogP) is 4.47. The summed E-state index contributed by atoms with van der Waals surface area (Å²) in [6, 6.07) is 10.2. The van der Waals surface area contributed by atoms with Gasteiger partial charge in [0.05, 0.1) is 12.1 Å². The third-order valence-corrected chi connectivity index (χ3v) is 5.56. The number of amides is 1. The second-order valence-electron chi connectivity index (χ2n) is 6.41. The summed E-state index contributed by atoms with van der Waals surface area (Å²) < 4.78 is 0. The van der Waals surface area contributed by atoms with E-state index >= 15 is 0 Å². The van der Waals surface area contributed by atoms with Crippen LogP contribution >= 0.6 is 11.3 Å². The number of hydrogen-bond donors (Lipinski definition) is 1. The highest BCUT2D eigenvalue weighted by atomic mass is 32.1. The van der Waals surface area contributed by atoms with Crippen LogP contribution in [0.25, 0.3) is 10.8 Å². The lowest BCUT2D eigenvalue weighted by Crippen LogP contribution is -2.29. The summed E-state index contributed by atoms with van der Waals surface area (Å²) in [5.74, 6) is 0.0123. The number of hydrogen-bond acceptors (Lipinski definition) is 4. The number of nitrogens with zero attached hydrogens (tertiary/aromatic N) is 2. The summed E-state index contributed by atoms with van der Waals surface area (Å²) in [6.45, 7) is 2.20. The predicted molar refractivity (Wildman–Crippen MR) is 104 cm³/mol. The van der Waals surface area contributed by atoms with Gasteiger partial charge < -0.3 is 10.2 Å². The molecule has 0 spiro atoms. The Morgan fingerprint density at radius 3 is 2.80 bits per heavy atom. The van der Waals surface area contributed by atoms with Crippen LogP contribution < -0.4 is 10.2 Å². The van der Waals surface area contributed by atoms with Gasteiger partial charge in [0.15, 0.2) is 0 Å². The number of pyridine rings is 1. The van der Waals surface area contributed by atoms with Gasteiger partial charge >= 0.3 is 0 Å². The Balaban J connectivity index is 1.62. The minimum Gasteiger partial charge on any atom is -0.371 e. The number of piperidine rings is 1. The Morgan fingerprint density at radius 2 is 2.00 bits per heavy atom. The maximum atomic E-state index is 12.4. The topological polar surface area (TPSA) is 45.2 Å². The lowest BCUT2D eigenvalue weighted by atomic mass is 10.0. The molecule has 1 aromatic carbocycles. The van der Waals surface area contributed by atoms with E-state index in [1.807, 2.05) is 42.0 Å². The average molecular weight is 351 g/mol. The Kier molecular flexibility index (Phi) is 4.65. The van der Waals surface area contributed by atoms with Gasteiger partial charge in [-0.15, -0.1) is 11.3 Å². The Hall–Kier alpha value is -2.40. The highest BCUT2D eigenvalue weighted by Gasteiger charge is 2.16. The van der Waals surface area contributed by atoms with Gasteiger partial charge in [-0.2, -0.15) is 0 Å². The van der Waals surface area contributed by atoms with Crippen molar-refractivity contribution in [3.8, 4) is 0 Å². The Morgan fingerprint density at radius 1 is 1.12 bits per heavy atom. The summed E-state index contributed by atoms with van der Waals surface area (Å²) in [6.07, 6.45) is 7.88. The van der Waals surface area contributed by atoms with Crippen LogP contribution in [-0.4, -0.2) is 24.0 Å². The molecule has 4 nitrogen and oxygen atoms in total. The number of carbonyl (C=O) groups is 1. The van der Waals surface area contributed by atoms with E-state index < -0.39 is 0 Å². The van der Waals surface area contributed by atoms with Crippen molar-refractivity contribution in [1.82, 2.24) is 4.98 Å². The maximum absolute atomic E-state index is 12.4. The quantitative estimate of drug-likeness (QED) is 0.754. The van der Waals surface area contributed by atoms with Gasteiger partial charge in [-0.1, -0.05) is 6.07 Å². The molecular formula is C20H21N3OS. The molecule has 2 aromatic heterocycles. The van der Waals surface area contributed by atoms with Gasteiger partial charge in [-0.25, -0.2) is 0 Å². The molecule has 0 aliphatic carbocycles. The molecule has 3 aromatic rings. The van der Waals surface area contributed by atoms with Crippen molar-refractivity contribution in [3.05, 3.63) is 53.0 Å². The molecule has 1 fully saturated rings. The van der Waals surface area contributed by atoms with Crippen LogP contribution in [-0.2, 0) is 11.2 Å². The molecule has 1 aliphatic rings. The normalized spacial score (nSPS) is 14.6. The van der Waals surface area contributed by atoms with Crippen molar-refractivity contribution >= 4 is 39.4 Å². The number of benzene rings is 1. The molecule has 0 saturated carbocycles. The van der Waals surface area contributed by atoms with Gasteiger partial charge in [0.1, 0.15) is 0 Å². The number of carbonyl (C=O) groups excluding carboxylic acids is 1. The molecule has 1 N–H and O–H groups in total. The summed E-state index contributed by atoms with van der Waals surface area (Å²) >= 11 is 1.61. The number of nitrogens with one attached hydrogen (secondary N) is 1. The smallest absolute Gasteiger partial charge is 0.229 e. The monoisotopic (exact) mass is 351 g/mol. The van der Waals surface area contributed by atoms with E-state index in [1.54, 1.807) is 11.3 Å². The fourth-order valence-electron chi connectivity index (χ4n) is 3.46. The molecule has 1 saturated heterocycles. The van der Waals surface area contributed by atoms with E-state index in [9.17, 15) is 4.79 Å². The first kappa shape index (κ1) is 16.1. The lowest BCUT2D eigenvalue weighted by Gasteiger charge is -2.30. The SMILES string of the molecule is O=C(Cc1cccs1)Nc1ccc(N2CCCCC2)c2ccncc12. The molecule has 5 heteroatoms. The Labute approximate surface area is 151 Å². The third kappa shape index (κ3) is 3.51. The molecule has 0 atom stereocenters. The van der Waals surface area contributed by atoms with Crippen LogP contribution in [0.15, 0.2) is 48.1 Å². The van der Waals surface area contributed by atoms with E-state index in [1.165, 1.54) is 24.9 Å². The molecular weight excluding hydrogens is 330 g/mol.